The molecule has 124 valence electrons. The van der Waals surface area contributed by atoms with Crippen molar-refractivity contribution in [3.8, 4) is 5.75 Å². The highest BCUT2D eigenvalue weighted by molar-refractivity contribution is 5.87. The fraction of sp³-hybridized carbons (Fsp3) is 0.600. The Balaban J connectivity index is 1.76. The van der Waals surface area contributed by atoms with Gasteiger partial charge in [0.2, 0.25) is 0 Å². The standard InChI is InChI=1S/C20H28N2O/c1-4-11-23-16-5-6-17-19(12-16)21(3)14(2)20(17)18-13-22-9-7-15(18)8-10-22/h5-6,12,15,18H,4,7-11,13H2,1-3H3. The van der Waals surface area contributed by atoms with Gasteiger partial charge in [-0.05, 0) is 62.9 Å². The van der Waals surface area contributed by atoms with Crippen LogP contribution < -0.4 is 4.74 Å². The lowest BCUT2D eigenvalue weighted by Crippen LogP contribution is -2.46. The minimum Gasteiger partial charge on any atom is -0.494 e. The van der Waals surface area contributed by atoms with Crippen molar-refractivity contribution in [2.24, 2.45) is 13.0 Å². The number of fused-ring (bicyclic) bond motifs is 4. The number of piperidine rings is 3. The maximum atomic E-state index is 5.84. The third-order valence-corrected chi connectivity index (χ3v) is 6.01. The second-order valence-corrected chi connectivity index (χ2v) is 7.33. The average molecular weight is 312 g/mol. The van der Waals surface area contributed by atoms with Gasteiger partial charge < -0.3 is 14.2 Å². The van der Waals surface area contributed by atoms with Crippen molar-refractivity contribution in [3.63, 3.8) is 0 Å². The molecule has 0 N–H and O–H groups in total. The number of nitrogens with zero attached hydrogens (tertiary/aromatic N) is 2. The lowest BCUT2D eigenvalue weighted by molar-refractivity contribution is 0.0873. The van der Waals surface area contributed by atoms with Crippen LogP contribution in [0.4, 0.5) is 0 Å². The van der Waals surface area contributed by atoms with E-state index in [0.717, 1.165) is 24.7 Å². The van der Waals surface area contributed by atoms with Crippen LogP contribution in [-0.2, 0) is 7.05 Å². The molecular formula is C20H28N2O. The highest BCUT2D eigenvalue weighted by Crippen LogP contribution is 2.43. The number of aryl methyl sites for hydroxylation is 1. The van der Waals surface area contributed by atoms with Crippen LogP contribution >= 0.6 is 0 Å². The van der Waals surface area contributed by atoms with Gasteiger partial charge in [-0.2, -0.15) is 0 Å². The van der Waals surface area contributed by atoms with Gasteiger partial charge in [0.25, 0.3) is 0 Å². The molecule has 3 aliphatic rings. The monoisotopic (exact) mass is 312 g/mol. The van der Waals surface area contributed by atoms with E-state index >= 15 is 0 Å². The first kappa shape index (κ1) is 15.1. The van der Waals surface area contributed by atoms with E-state index in [2.05, 4.69) is 48.6 Å². The first-order valence-electron chi connectivity index (χ1n) is 9.13. The van der Waals surface area contributed by atoms with Gasteiger partial charge >= 0.3 is 0 Å². The summed E-state index contributed by atoms with van der Waals surface area (Å²) >= 11 is 0. The maximum Gasteiger partial charge on any atom is 0.121 e. The molecule has 3 heteroatoms. The molecule has 1 unspecified atom stereocenters. The summed E-state index contributed by atoms with van der Waals surface area (Å²) in [6, 6.07) is 6.67. The molecule has 1 aromatic heterocycles. The molecule has 2 bridgehead atoms. The van der Waals surface area contributed by atoms with Crippen LogP contribution in [0.3, 0.4) is 0 Å². The van der Waals surface area contributed by atoms with Crippen LogP contribution in [-0.4, -0.2) is 35.7 Å². The van der Waals surface area contributed by atoms with Crippen molar-refractivity contribution >= 4 is 10.9 Å². The first-order valence-corrected chi connectivity index (χ1v) is 9.13. The fourth-order valence-corrected chi connectivity index (χ4v) is 4.64. The molecule has 0 aliphatic carbocycles. The molecule has 3 fully saturated rings. The van der Waals surface area contributed by atoms with Crippen molar-refractivity contribution in [1.29, 1.82) is 0 Å². The molecule has 0 amide bonds. The van der Waals surface area contributed by atoms with E-state index in [4.69, 9.17) is 4.74 Å². The van der Waals surface area contributed by atoms with E-state index in [1.807, 2.05) is 0 Å². The Bertz CT molecular complexity index is 710. The Kier molecular flexibility index (Phi) is 3.84. The van der Waals surface area contributed by atoms with Gasteiger partial charge in [-0.1, -0.05) is 6.92 Å². The van der Waals surface area contributed by atoms with E-state index in [1.165, 1.54) is 49.1 Å². The van der Waals surface area contributed by atoms with E-state index in [9.17, 15) is 0 Å². The smallest absolute Gasteiger partial charge is 0.121 e. The Labute approximate surface area is 139 Å². The number of hydrogen-bond acceptors (Lipinski definition) is 2. The van der Waals surface area contributed by atoms with E-state index in [-0.39, 0.29) is 0 Å². The quantitative estimate of drug-likeness (QED) is 0.846. The maximum absolute atomic E-state index is 5.84. The molecule has 3 aliphatic heterocycles. The second kappa shape index (κ2) is 5.86. The number of rotatable bonds is 4. The average Bonchev–Trinajstić information content (AvgIpc) is 2.85. The minimum absolute atomic E-state index is 0.712. The molecular weight excluding hydrogens is 284 g/mol. The first-order chi connectivity index (χ1) is 11.2. The summed E-state index contributed by atoms with van der Waals surface area (Å²) in [6.45, 7) is 9.09. The zero-order valence-electron chi connectivity index (χ0n) is 14.6. The summed E-state index contributed by atoms with van der Waals surface area (Å²) in [4.78, 5) is 2.65. The topological polar surface area (TPSA) is 17.4 Å². The Morgan fingerprint density at radius 1 is 1.22 bits per heavy atom. The van der Waals surface area contributed by atoms with Crippen molar-refractivity contribution < 1.29 is 4.74 Å². The van der Waals surface area contributed by atoms with Crippen molar-refractivity contribution in [2.45, 2.75) is 39.0 Å². The Morgan fingerprint density at radius 2 is 2.00 bits per heavy atom. The van der Waals surface area contributed by atoms with Crippen molar-refractivity contribution in [3.05, 3.63) is 29.5 Å². The van der Waals surface area contributed by atoms with Gasteiger partial charge in [-0.3, -0.25) is 0 Å². The molecule has 0 radical (unpaired) electrons. The molecule has 3 saturated heterocycles. The third kappa shape index (κ3) is 2.46. The highest BCUT2D eigenvalue weighted by atomic mass is 16.5. The molecule has 23 heavy (non-hydrogen) atoms. The summed E-state index contributed by atoms with van der Waals surface area (Å²) in [5.41, 5.74) is 4.35. The van der Waals surface area contributed by atoms with Crippen LogP contribution in [0.25, 0.3) is 10.9 Å². The van der Waals surface area contributed by atoms with Crippen molar-refractivity contribution in [2.75, 3.05) is 26.2 Å². The SMILES string of the molecule is CCCOc1ccc2c(C3CN4CCC3CC4)c(C)n(C)c2c1. The van der Waals surface area contributed by atoms with Crippen LogP contribution in [0.1, 0.15) is 43.4 Å². The molecule has 1 atom stereocenters. The van der Waals surface area contributed by atoms with Gasteiger partial charge in [0.05, 0.1) is 12.1 Å². The number of benzene rings is 1. The summed E-state index contributed by atoms with van der Waals surface area (Å²) in [5, 5.41) is 1.44. The normalized spacial score (nSPS) is 26.8. The minimum atomic E-state index is 0.712. The molecule has 2 aromatic rings. The zero-order valence-corrected chi connectivity index (χ0v) is 14.6. The summed E-state index contributed by atoms with van der Waals surface area (Å²) < 4.78 is 8.20. The van der Waals surface area contributed by atoms with Crippen LogP contribution in [0.15, 0.2) is 18.2 Å². The predicted molar refractivity (Wildman–Crippen MR) is 95.3 cm³/mol. The predicted octanol–water partition coefficient (Wildman–Crippen LogP) is 4.08. The third-order valence-electron chi connectivity index (χ3n) is 6.01. The molecule has 0 saturated carbocycles. The molecule has 5 rings (SSSR count). The van der Waals surface area contributed by atoms with Gasteiger partial charge in [-0.15, -0.1) is 0 Å². The molecule has 4 heterocycles. The van der Waals surface area contributed by atoms with E-state index < -0.39 is 0 Å². The van der Waals surface area contributed by atoms with E-state index in [0.29, 0.717) is 5.92 Å². The number of aromatic nitrogens is 1. The van der Waals surface area contributed by atoms with Gasteiger partial charge in [0.1, 0.15) is 5.75 Å². The van der Waals surface area contributed by atoms with Crippen molar-refractivity contribution in [1.82, 2.24) is 9.47 Å². The van der Waals surface area contributed by atoms with Gasteiger partial charge in [0.15, 0.2) is 0 Å². The van der Waals surface area contributed by atoms with Crippen LogP contribution in [0.5, 0.6) is 5.75 Å². The highest BCUT2D eigenvalue weighted by Gasteiger charge is 2.37. The van der Waals surface area contributed by atoms with Gasteiger partial charge in [-0.25, -0.2) is 0 Å². The lowest BCUT2D eigenvalue weighted by atomic mass is 9.75. The molecule has 0 spiro atoms. The number of ether oxygens (including phenoxy) is 1. The summed E-state index contributed by atoms with van der Waals surface area (Å²) in [7, 11) is 2.20. The Hall–Kier alpha value is -1.48. The van der Waals surface area contributed by atoms with Gasteiger partial charge in [0, 0.05) is 36.7 Å². The summed E-state index contributed by atoms with van der Waals surface area (Å²) in [5.74, 6) is 2.59. The fourth-order valence-electron chi connectivity index (χ4n) is 4.64. The number of hydrogen-bond donors (Lipinski definition) is 0. The Morgan fingerprint density at radius 3 is 2.65 bits per heavy atom. The summed E-state index contributed by atoms with van der Waals surface area (Å²) in [6.07, 6.45) is 3.80. The second-order valence-electron chi connectivity index (χ2n) is 7.33. The largest absolute Gasteiger partial charge is 0.494 e. The van der Waals surface area contributed by atoms with E-state index in [1.54, 1.807) is 5.56 Å². The molecule has 1 aromatic carbocycles. The molecule has 3 nitrogen and oxygen atoms in total. The van der Waals surface area contributed by atoms with Crippen LogP contribution in [0, 0.1) is 12.8 Å². The van der Waals surface area contributed by atoms with Crippen LogP contribution in [0.2, 0.25) is 0 Å². The zero-order chi connectivity index (χ0) is 16.0. The lowest BCUT2D eigenvalue weighted by Gasteiger charge is -2.45.